The first-order valence-electron chi connectivity index (χ1n) is 5.43. The average Bonchev–Trinajstić information content (AvgIpc) is 2.64. The Balaban J connectivity index is 2.49. The highest BCUT2D eigenvalue weighted by molar-refractivity contribution is 6.32. The molecule has 0 spiro atoms. The Kier molecular flexibility index (Phi) is 3.12. The summed E-state index contributed by atoms with van der Waals surface area (Å²) in [5.74, 6) is 0. The van der Waals surface area contributed by atoms with Gasteiger partial charge in [0.25, 0.3) is 0 Å². The van der Waals surface area contributed by atoms with Gasteiger partial charge in [0.15, 0.2) is 0 Å². The number of rotatable bonds is 1. The molecule has 94 valence electrons. The molecule has 5 heteroatoms. The van der Waals surface area contributed by atoms with Crippen LogP contribution < -0.4 is 0 Å². The van der Waals surface area contributed by atoms with Crippen molar-refractivity contribution in [1.29, 1.82) is 0 Å². The monoisotopic (exact) mass is 264 g/mol. The van der Waals surface area contributed by atoms with Gasteiger partial charge < -0.3 is 5.11 Å². The standard InChI is InChI=1S/C12H12ClF3O/c13-10-8(11(17)6-1-2-7-11)4-3-5-9(10)12(14,15)16/h3-5,17H,1-2,6-7H2. The van der Waals surface area contributed by atoms with Crippen LogP contribution in [0.5, 0.6) is 0 Å². The molecule has 0 radical (unpaired) electrons. The Morgan fingerprint density at radius 2 is 1.76 bits per heavy atom. The average molecular weight is 265 g/mol. The highest BCUT2D eigenvalue weighted by atomic mass is 35.5. The Bertz CT molecular complexity index is 422. The lowest BCUT2D eigenvalue weighted by atomic mass is 9.91. The van der Waals surface area contributed by atoms with Crippen LogP contribution in [0.4, 0.5) is 13.2 Å². The number of hydrogen-bond acceptors (Lipinski definition) is 1. The van der Waals surface area contributed by atoms with Gasteiger partial charge >= 0.3 is 6.18 Å². The number of aliphatic hydroxyl groups is 1. The van der Waals surface area contributed by atoms with Gasteiger partial charge in [-0.05, 0) is 18.9 Å². The largest absolute Gasteiger partial charge is 0.417 e. The zero-order valence-corrected chi connectivity index (χ0v) is 9.78. The van der Waals surface area contributed by atoms with Crippen LogP contribution in [0.1, 0.15) is 36.8 Å². The first-order valence-corrected chi connectivity index (χ1v) is 5.81. The van der Waals surface area contributed by atoms with Crippen LogP contribution in [-0.2, 0) is 11.8 Å². The summed E-state index contributed by atoms with van der Waals surface area (Å²) in [5.41, 5.74) is -1.87. The molecule has 1 aromatic rings. The molecule has 1 fully saturated rings. The van der Waals surface area contributed by atoms with Crippen LogP contribution in [0.2, 0.25) is 5.02 Å². The van der Waals surface area contributed by atoms with Crippen LogP contribution in [0.15, 0.2) is 18.2 Å². The van der Waals surface area contributed by atoms with Crippen LogP contribution in [0, 0.1) is 0 Å². The van der Waals surface area contributed by atoms with Crippen molar-refractivity contribution in [3.8, 4) is 0 Å². The van der Waals surface area contributed by atoms with E-state index in [1.807, 2.05) is 0 Å². The van der Waals surface area contributed by atoms with Gasteiger partial charge in [0, 0.05) is 5.56 Å². The minimum Gasteiger partial charge on any atom is -0.385 e. The number of alkyl halides is 3. The molecule has 1 aromatic carbocycles. The molecule has 1 nitrogen and oxygen atoms in total. The van der Waals surface area contributed by atoms with Crippen molar-refractivity contribution in [2.75, 3.05) is 0 Å². The predicted octanol–water partition coefficient (Wildman–Crippen LogP) is 4.12. The summed E-state index contributed by atoms with van der Waals surface area (Å²) >= 11 is 5.78. The maximum Gasteiger partial charge on any atom is 0.417 e. The highest BCUT2D eigenvalue weighted by Crippen LogP contribution is 2.45. The Labute approximate surface area is 102 Å². The third-order valence-electron chi connectivity index (χ3n) is 3.24. The summed E-state index contributed by atoms with van der Waals surface area (Å²) in [4.78, 5) is 0. The van der Waals surface area contributed by atoms with Gasteiger partial charge in [0.1, 0.15) is 0 Å². The van der Waals surface area contributed by atoms with Crippen molar-refractivity contribution < 1.29 is 18.3 Å². The van der Waals surface area contributed by atoms with Gasteiger partial charge in [-0.1, -0.05) is 36.6 Å². The second-order valence-electron chi connectivity index (χ2n) is 4.40. The predicted molar refractivity (Wildman–Crippen MR) is 58.8 cm³/mol. The fourth-order valence-electron chi connectivity index (χ4n) is 2.34. The van der Waals surface area contributed by atoms with E-state index in [1.54, 1.807) is 0 Å². The Morgan fingerprint density at radius 1 is 1.18 bits per heavy atom. The minimum atomic E-state index is -4.48. The lowest BCUT2D eigenvalue weighted by Gasteiger charge is -2.25. The zero-order chi connectivity index (χ0) is 12.7. The van der Waals surface area contributed by atoms with E-state index in [9.17, 15) is 18.3 Å². The summed E-state index contributed by atoms with van der Waals surface area (Å²) in [6.07, 6.45) is -1.93. The molecule has 1 aliphatic rings. The molecule has 2 rings (SSSR count). The number of halogens is 4. The molecule has 17 heavy (non-hydrogen) atoms. The first-order chi connectivity index (χ1) is 7.84. The topological polar surface area (TPSA) is 20.2 Å². The maximum atomic E-state index is 12.7. The maximum absolute atomic E-state index is 12.7. The summed E-state index contributed by atoms with van der Waals surface area (Å²) in [5, 5.41) is 9.91. The quantitative estimate of drug-likeness (QED) is 0.809. The lowest BCUT2D eigenvalue weighted by Crippen LogP contribution is -2.22. The molecule has 0 heterocycles. The van der Waals surface area contributed by atoms with Crippen LogP contribution >= 0.6 is 11.6 Å². The third-order valence-corrected chi connectivity index (χ3v) is 3.64. The van der Waals surface area contributed by atoms with E-state index in [4.69, 9.17) is 11.6 Å². The van der Waals surface area contributed by atoms with Gasteiger partial charge in [-0.2, -0.15) is 13.2 Å². The van der Waals surface area contributed by atoms with Crippen molar-refractivity contribution in [3.63, 3.8) is 0 Å². The van der Waals surface area contributed by atoms with Crippen molar-refractivity contribution in [2.45, 2.75) is 37.5 Å². The fraction of sp³-hybridized carbons (Fsp3) is 0.500. The highest BCUT2D eigenvalue weighted by Gasteiger charge is 2.39. The van der Waals surface area contributed by atoms with Gasteiger partial charge in [0.05, 0.1) is 16.2 Å². The van der Waals surface area contributed by atoms with Crippen molar-refractivity contribution >= 4 is 11.6 Å². The van der Waals surface area contributed by atoms with Crippen molar-refractivity contribution in [1.82, 2.24) is 0 Å². The SMILES string of the molecule is OC1(c2cccc(C(F)(F)F)c2Cl)CCCC1. The molecule has 1 saturated carbocycles. The van der Waals surface area contributed by atoms with Crippen LogP contribution in [0.25, 0.3) is 0 Å². The fourth-order valence-corrected chi connectivity index (χ4v) is 2.75. The van der Waals surface area contributed by atoms with Gasteiger partial charge in [-0.25, -0.2) is 0 Å². The molecule has 0 aliphatic heterocycles. The summed E-state index contributed by atoms with van der Waals surface area (Å²) in [6.45, 7) is 0. The second kappa shape index (κ2) is 4.18. The van der Waals surface area contributed by atoms with Gasteiger partial charge in [-0.3, -0.25) is 0 Å². The molecule has 0 bridgehead atoms. The number of hydrogen-bond donors (Lipinski definition) is 1. The summed E-state index contributed by atoms with van der Waals surface area (Å²) in [6, 6.07) is 3.70. The summed E-state index contributed by atoms with van der Waals surface area (Å²) < 4.78 is 38.0. The molecule has 0 atom stereocenters. The third kappa shape index (κ3) is 2.29. The van der Waals surface area contributed by atoms with Gasteiger partial charge in [0.2, 0.25) is 0 Å². The van der Waals surface area contributed by atoms with Crippen molar-refractivity contribution in [2.24, 2.45) is 0 Å². The van der Waals surface area contributed by atoms with E-state index >= 15 is 0 Å². The lowest BCUT2D eigenvalue weighted by molar-refractivity contribution is -0.137. The molecule has 0 aromatic heterocycles. The van der Waals surface area contributed by atoms with E-state index < -0.39 is 17.3 Å². The Morgan fingerprint density at radius 3 is 2.29 bits per heavy atom. The smallest absolute Gasteiger partial charge is 0.385 e. The molecule has 0 amide bonds. The molecular weight excluding hydrogens is 253 g/mol. The molecular formula is C12H12ClF3O. The van der Waals surface area contributed by atoms with E-state index in [1.165, 1.54) is 12.1 Å². The summed E-state index contributed by atoms with van der Waals surface area (Å²) in [7, 11) is 0. The minimum absolute atomic E-state index is 0.200. The van der Waals surface area contributed by atoms with Crippen molar-refractivity contribution in [3.05, 3.63) is 34.3 Å². The van der Waals surface area contributed by atoms with Crippen LogP contribution in [0.3, 0.4) is 0 Å². The Hall–Kier alpha value is -0.740. The number of benzene rings is 1. The van der Waals surface area contributed by atoms with Gasteiger partial charge in [-0.15, -0.1) is 0 Å². The van der Waals surface area contributed by atoms with E-state index in [2.05, 4.69) is 0 Å². The van der Waals surface area contributed by atoms with E-state index in [0.29, 0.717) is 12.8 Å². The molecule has 0 unspecified atom stereocenters. The molecule has 1 N–H and O–H groups in total. The normalized spacial score (nSPS) is 19.6. The molecule has 1 aliphatic carbocycles. The van der Waals surface area contributed by atoms with Crippen LogP contribution in [-0.4, -0.2) is 5.11 Å². The molecule has 0 saturated heterocycles. The van der Waals surface area contributed by atoms with E-state index in [0.717, 1.165) is 18.9 Å². The second-order valence-corrected chi connectivity index (χ2v) is 4.78. The van der Waals surface area contributed by atoms with E-state index in [-0.39, 0.29) is 10.6 Å². The zero-order valence-electron chi connectivity index (χ0n) is 9.02. The first kappa shape index (κ1) is 12.7.